The number of nitrogens with one attached hydrogen (secondary N) is 1. The molecule has 0 unspecified atom stereocenters. The third kappa shape index (κ3) is 5.13. The van der Waals surface area contributed by atoms with Crippen molar-refractivity contribution in [1.29, 1.82) is 0 Å². The maximum absolute atomic E-state index is 11.1. The molecule has 3 heteroatoms. The smallest absolute Gasteiger partial charge is 0.248 e. The van der Waals surface area contributed by atoms with Crippen LogP contribution in [0.15, 0.2) is 0 Å². The second-order valence-electron chi connectivity index (χ2n) is 3.44. The maximum atomic E-state index is 11.1. The fourth-order valence-electron chi connectivity index (χ4n) is 0.827. The number of aliphatic hydroxyl groups is 1. The molecule has 0 rings (SSSR count). The fraction of sp³-hybridized carbons (Fsp3) is 0.889. The average Bonchev–Trinajstić information content (AvgIpc) is 2.00. The van der Waals surface area contributed by atoms with Crippen molar-refractivity contribution in [3.8, 4) is 0 Å². The van der Waals surface area contributed by atoms with Crippen LogP contribution in [0.25, 0.3) is 0 Å². The molecule has 0 radical (unpaired) electrons. The van der Waals surface area contributed by atoms with E-state index in [1.807, 2.05) is 20.8 Å². The van der Waals surface area contributed by atoms with Crippen molar-refractivity contribution >= 4 is 5.91 Å². The third-order valence-electron chi connectivity index (χ3n) is 1.55. The summed E-state index contributed by atoms with van der Waals surface area (Å²) >= 11 is 0. The zero-order valence-electron chi connectivity index (χ0n) is 8.13. The van der Waals surface area contributed by atoms with Gasteiger partial charge in [0.2, 0.25) is 5.91 Å². The summed E-state index contributed by atoms with van der Waals surface area (Å²) < 4.78 is 0. The van der Waals surface area contributed by atoms with Crippen LogP contribution in [0.2, 0.25) is 0 Å². The van der Waals surface area contributed by atoms with Gasteiger partial charge in [0.1, 0.15) is 6.10 Å². The van der Waals surface area contributed by atoms with Crippen LogP contribution in [0, 0.1) is 5.92 Å². The highest BCUT2D eigenvalue weighted by molar-refractivity contribution is 5.80. The largest absolute Gasteiger partial charge is 0.383 e. The first-order valence-electron chi connectivity index (χ1n) is 4.53. The quantitative estimate of drug-likeness (QED) is 0.649. The topological polar surface area (TPSA) is 49.3 Å². The molecular weight excluding hydrogens is 154 g/mol. The molecule has 0 aliphatic heterocycles. The van der Waals surface area contributed by atoms with E-state index in [9.17, 15) is 9.90 Å². The van der Waals surface area contributed by atoms with Crippen molar-refractivity contribution in [2.24, 2.45) is 5.92 Å². The van der Waals surface area contributed by atoms with Gasteiger partial charge in [-0.05, 0) is 12.3 Å². The number of amides is 1. The molecule has 0 heterocycles. The maximum Gasteiger partial charge on any atom is 0.248 e. The predicted molar refractivity (Wildman–Crippen MR) is 48.8 cm³/mol. The number of hydrogen-bond acceptors (Lipinski definition) is 2. The Kier molecular flexibility index (Phi) is 5.72. The second kappa shape index (κ2) is 6.00. The lowest BCUT2D eigenvalue weighted by atomic mass is 10.2. The van der Waals surface area contributed by atoms with Crippen molar-refractivity contribution < 1.29 is 9.90 Å². The SMILES string of the molecule is CCC[C@H](O)C(=O)NCC(C)C. The van der Waals surface area contributed by atoms with E-state index < -0.39 is 6.10 Å². The number of rotatable bonds is 5. The monoisotopic (exact) mass is 173 g/mol. The Morgan fingerprint density at radius 3 is 2.50 bits per heavy atom. The molecule has 0 spiro atoms. The first-order valence-corrected chi connectivity index (χ1v) is 4.53. The Hall–Kier alpha value is -0.570. The van der Waals surface area contributed by atoms with E-state index in [4.69, 9.17) is 0 Å². The van der Waals surface area contributed by atoms with Crippen molar-refractivity contribution in [3.63, 3.8) is 0 Å². The summed E-state index contributed by atoms with van der Waals surface area (Å²) in [5.41, 5.74) is 0. The molecule has 0 fully saturated rings. The van der Waals surface area contributed by atoms with E-state index >= 15 is 0 Å². The first kappa shape index (κ1) is 11.4. The molecule has 0 saturated heterocycles. The lowest BCUT2D eigenvalue weighted by molar-refractivity contribution is -0.129. The minimum atomic E-state index is -0.825. The van der Waals surface area contributed by atoms with Crippen molar-refractivity contribution in [2.75, 3.05) is 6.54 Å². The lowest BCUT2D eigenvalue weighted by Crippen LogP contribution is -2.36. The molecule has 0 aromatic rings. The highest BCUT2D eigenvalue weighted by atomic mass is 16.3. The van der Waals surface area contributed by atoms with Gasteiger partial charge >= 0.3 is 0 Å². The van der Waals surface area contributed by atoms with Crippen LogP contribution in [0.1, 0.15) is 33.6 Å². The highest BCUT2D eigenvalue weighted by Gasteiger charge is 2.12. The zero-order chi connectivity index (χ0) is 9.56. The van der Waals surface area contributed by atoms with E-state index in [0.29, 0.717) is 18.9 Å². The molecule has 0 bridgehead atoms. The lowest BCUT2D eigenvalue weighted by Gasteiger charge is -2.11. The van der Waals surface area contributed by atoms with Gasteiger partial charge in [0.15, 0.2) is 0 Å². The van der Waals surface area contributed by atoms with E-state index in [1.54, 1.807) is 0 Å². The summed E-state index contributed by atoms with van der Waals surface area (Å²) in [6.07, 6.45) is 0.550. The van der Waals surface area contributed by atoms with Gasteiger partial charge in [-0.25, -0.2) is 0 Å². The minimum absolute atomic E-state index is 0.245. The van der Waals surface area contributed by atoms with Crippen LogP contribution in [0.3, 0.4) is 0 Å². The number of hydrogen-bond donors (Lipinski definition) is 2. The van der Waals surface area contributed by atoms with Gasteiger partial charge in [0, 0.05) is 6.54 Å². The molecule has 0 aliphatic rings. The number of carbonyl (C=O) groups is 1. The van der Waals surface area contributed by atoms with Crippen LogP contribution >= 0.6 is 0 Å². The zero-order valence-corrected chi connectivity index (χ0v) is 8.13. The van der Waals surface area contributed by atoms with Crippen molar-refractivity contribution in [3.05, 3.63) is 0 Å². The molecule has 2 N–H and O–H groups in total. The second-order valence-corrected chi connectivity index (χ2v) is 3.44. The van der Waals surface area contributed by atoms with Gasteiger partial charge in [-0.3, -0.25) is 4.79 Å². The Morgan fingerprint density at radius 2 is 2.08 bits per heavy atom. The van der Waals surface area contributed by atoms with Crippen molar-refractivity contribution in [2.45, 2.75) is 39.7 Å². The van der Waals surface area contributed by atoms with Crippen molar-refractivity contribution in [1.82, 2.24) is 5.32 Å². The molecular formula is C9H19NO2. The molecule has 12 heavy (non-hydrogen) atoms. The van der Waals surface area contributed by atoms with Crippen LogP contribution in [0.4, 0.5) is 0 Å². The predicted octanol–water partition coefficient (Wildman–Crippen LogP) is 0.920. The van der Waals surface area contributed by atoms with Gasteiger partial charge in [-0.2, -0.15) is 0 Å². The number of carbonyl (C=O) groups excluding carboxylic acids is 1. The Balaban J connectivity index is 3.57. The normalized spacial score (nSPS) is 13.1. The average molecular weight is 173 g/mol. The molecule has 0 aromatic carbocycles. The van der Waals surface area contributed by atoms with E-state index in [-0.39, 0.29) is 5.91 Å². The summed E-state index contributed by atoms with van der Waals surface area (Å²) in [7, 11) is 0. The van der Waals surface area contributed by atoms with E-state index in [2.05, 4.69) is 5.32 Å². The van der Waals surface area contributed by atoms with Gasteiger partial charge in [0.25, 0.3) is 0 Å². The standard InChI is InChI=1S/C9H19NO2/c1-4-5-8(11)9(12)10-6-7(2)3/h7-8,11H,4-6H2,1-3H3,(H,10,12)/t8-/m0/s1. The first-order chi connectivity index (χ1) is 5.57. The fourth-order valence-corrected chi connectivity index (χ4v) is 0.827. The summed E-state index contributed by atoms with van der Waals surface area (Å²) in [4.78, 5) is 11.1. The number of aliphatic hydroxyl groups excluding tert-OH is 1. The van der Waals surface area contributed by atoms with Gasteiger partial charge in [-0.15, -0.1) is 0 Å². The van der Waals surface area contributed by atoms with Crippen LogP contribution < -0.4 is 5.32 Å². The van der Waals surface area contributed by atoms with Crippen LogP contribution in [-0.2, 0) is 4.79 Å². The minimum Gasteiger partial charge on any atom is -0.383 e. The molecule has 0 aliphatic carbocycles. The Labute approximate surface area is 74.2 Å². The Morgan fingerprint density at radius 1 is 1.50 bits per heavy atom. The van der Waals surface area contributed by atoms with Gasteiger partial charge in [0.05, 0.1) is 0 Å². The van der Waals surface area contributed by atoms with Gasteiger partial charge < -0.3 is 10.4 Å². The third-order valence-corrected chi connectivity index (χ3v) is 1.55. The molecule has 1 atom stereocenters. The molecule has 0 aromatic heterocycles. The molecule has 0 saturated carbocycles. The molecule has 1 amide bonds. The summed E-state index contributed by atoms with van der Waals surface area (Å²) in [5.74, 6) is 0.188. The summed E-state index contributed by atoms with van der Waals surface area (Å²) in [6.45, 7) is 6.62. The molecule has 3 nitrogen and oxygen atoms in total. The summed E-state index contributed by atoms with van der Waals surface area (Å²) in [5, 5.41) is 11.9. The van der Waals surface area contributed by atoms with Crippen LogP contribution in [0.5, 0.6) is 0 Å². The summed E-state index contributed by atoms with van der Waals surface area (Å²) in [6, 6.07) is 0. The highest BCUT2D eigenvalue weighted by Crippen LogP contribution is 1.96. The Bertz CT molecular complexity index is 134. The molecule has 72 valence electrons. The van der Waals surface area contributed by atoms with Gasteiger partial charge in [-0.1, -0.05) is 27.2 Å². The van der Waals surface area contributed by atoms with Crippen LogP contribution in [-0.4, -0.2) is 23.7 Å². The van der Waals surface area contributed by atoms with E-state index in [1.165, 1.54) is 0 Å². The van der Waals surface area contributed by atoms with E-state index in [0.717, 1.165) is 6.42 Å².